The molecule has 0 saturated heterocycles. The molecular weight excluding hydrogens is 410 g/mol. The number of nitrogens with one attached hydrogen (secondary N) is 2. The Labute approximate surface area is 164 Å². The molecule has 3 amide bonds. The Morgan fingerprint density at radius 2 is 1.67 bits per heavy atom. The molecule has 0 bridgehead atoms. The van der Waals surface area contributed by atoms with E-state index in [4.69, 9.17) is 5.73 Å². The summed E-state index contributed by atoms with van der Waals surface area (Å²) in [4.78, 5) is 23.4. The monoisotopic (exact) mass is 427 g/mol. The van der Waals surface area contributed by atoms with Gasteiger partial charge in [0.25, 0.3) is 5.91 Å². The van der Waals surface area contributed by atoms with Gasteiger partial charge in [0.05, 0.1) is 21.5 Å². The second kappa shape index (κ2) is 7.63. The minimum atomic E-state index is -0.662. The van der Waals surface area contributed by atoms with Gasteiger partial charge < -0.3 is 16.4 Å². The number of aryl methyl sites for hydroxylation is 1. The van der Waals surface area contributed by atoms with Crippen molar-refractivity contribution in [1.29, 1.82) is 0 Å². The van der Waals surface area contributed by atoms with E-state index < -0.39 is 6.03 Å². The van der Waals surface area contributed by atoms with Gasteiger partial charge in [-0.15, -0.1) is 0 Å². The van der Waals surface area contributed by atoms with Crippen molar-refractivity contribution in [2.24, 2.45) is 5.73 Å². The average Bonchev–Trinajstić information content (AvgIpc) is 2.89. The van der Waals surface area contributed by atoms with Gasteiger partial charge in [0.1, 0.15) is 0 Å². The van der Waals surface area contributed by atoms with Crippen LogP contribution >= 0.6 is 15.9 Å². The lowest BCUT2D eigenvalue weighted by Crippen LogP contribution is -2.19. The molecule has 0 spiro atoms. The molecule has 0 unspecified atom stereocenters. The van der Waals surface area contributed by atoms with Gasteiger partial charge in [-0.25, -0.2) is 9.48 Å². The molecule has 1 heterocycles. The van der Waals surface area contributed by atoms with Crippen molar-refractivity contribution in [2.45, 2.75) is 13.8 Å². The largest absolute Gasteiger partial charge is 0.351 e. The van der Waals surface area contributed by atoms with E-state index in [2.05, 4.69) is 31.7 Å². The fourth-order valence-corrected chi connectivity index (χ4v) is 2.90. The summed E-state index contributed by atoms with van der Waals surface area (Å²) >= 11 is 3.51. The molecule has 3 rings (SSSR count). The van der Waals surface area contributed by atoms with Crippen molar-refractivity contribution in [3.8, 4) is 5.69 Å². The quantitative estimate of drug-likeness (QED) is 0.586. The van der Waals surface area contributed by atoms with Crippen LogP contribution in [-0.2, 0) is 0 Å². The second-order valence-electron chi connectivity index (χ2n) is 5.97. The number of hydrogen-bond donors (Lipinski definition) is 3. The highest BCUT2D eigenvalue weighted by Gasteiger charge is 2.12. The minimum Gasteiger partial charge on any atom is -0.351 e. The fraction of sp³-hybridized carbons (Fsp3) is 0.105. The lowest BCUT2D eigenvalue weighted by Gasteiger charge is -2.09. The normalized spacial score (nSPS) is 10.5. The summed E-state index contributed by atoms with van der Waals surface area (Å²) in [5.74, 6) is -0.257. The Morgan fingerprint density at radius 3 is 2.22 bits per heavy atom. The molecule has 27 heavy (non-hydrogen) atoms. The van der Waals surface area contributed by atoms with Crippen LogP contribution in [0.1, 0.15) is 21.7 Å². The first-order chi connectivity index (χ1) is 12.8. The first kappa shape index (κ1) is 18.7. The van der Waals surface area contributed by atoms with Crippen LogP contribution in [-0.4, -0.2) is 21.7 Å². The molecule has 0 radical (unpaired) electrons. The second-order valence-corrected chi connectivity index (χ2v) is 6.76. The molecule has 8 heteroatoms. The molecular formula is C19H18BrN5O2. The van der Waals surface area contributed by atoms with E-state index in [1.165, 1.54) is 0 Å². The third-order valence-electron chi connectivity index (χ3n) is 3.97. The Bertz CT molecular complexity index is 1010. The number of anilines is 2. The summed E-state index contributed by atoms with van der Waals surface area (Å²) < 4.78 is 2.79. The van der Waals surface area contributed by atoms with Crippen molar-refractivity contribution in [1.82, 2.24) is 9.78 Å². The van der Waals surface area contributed by atoms with Gasteiger partial charge >= 0.3 is 6.03 Å². The highest BCUT2D eigenvalue weighted by atomic mass is 79.9. The lowest BCUT2D eigenvalue weighted by atomic mass is 10.2. The maximum atomic E-state index is 12.5. The number of rotatable bonds is 4. The van der Waals surface area contributed by atoms with Gasteiger partial charge in [-0.1, -0.05) is 6.07 Å². The number of nitrogens with zero attached hydrogens (tertiary/aromatic N) is 2. The number of amides is 3. The van der Waals surface area contributed by atoms with Crippen LogP contribution in [0.4, 0.5) is 16.2 Å². The number of hydrogen-bond acceptors (Lipinski definition) is 3. The van der Waals surface area contributed by atoms with Crippen molar-refractivity contribution < 1.29 is 9.59 Å². The number of aromatic nitrogens is 2. The Hall–Kier alpha value is -3.13. The molecule has 0 aliphatic rings. The standard InChI is InChI=1S/C19H18BrN5O2/c1-11-17(20)12(2)25(24-11)16-8-6-13(7-9-16)18(26)22-14-4-3-5-15(10-14)23-19(21)27/h3-10H,1-2H3,(H,22,26)(H3,21,23,27). The summed E-state index contributed by atoms with van der Waals surface area (Å²) in [6.45, 7) is 3.90. The maximum absolute atomic E-state index is 12.5. The predicted molar refractivity (Wildman–Crippen MR) is 108 cm³/mol. The number of carbonyl (C=O) groups excluding carboxylic acids is 2. The van der Waals surface area contributed by atoms with E-state index in [1.807, 2.05) is 30.7 Å². The summed E-state index contributed by atoms with van der Waals surface area (Å²) in [7, 11) is 0. The molecule has 1 aromatic heterocycles. The summed E-state index contributed by atoms with van der Waals surface area (Å²) in [5.41, 5.74) is 9.43. The SMILES string of the molecule is Cc1nn(-c2ccc(C(=O)Nc3cccc(NC(N)=O)c3)cc2)c(C)c1Br. The Balaban J connectivity index is 1.76. The third-order valence-corrected chi connectivity index (χ3v) is 5.11. The van der Waals surface area contributed by atoms with Crippen molar-refractivity contribution in [2.75, 3.05) is 10.6 Å². The highest BCUT2D eigenvalue weighted by Crippen LogP contribution is 2.23. The zero-order chi connectivity index (χ0) is 19.6. The van der Waals surface area contributed by atoms with Crippen molar-refractivity contribution >= 4 is 39.2 Å². The van der Waals surface area contributed by atoms with E-state index in [0.717, 1.165) is 21.5 Å². The minimum absolute atomic E-state index is 0.257. The van der Waals surface area contributed by atoms with Gasteiger partial charge in [0.2, 0.25) is 0 Å². The van der Waals surface area contributed by atoms with Crippen LogP contribution < -0.4 is 16.4 Å². The zero-order valence-electron chi connectivity index (χ0n) is 14.8. The number of halogens is 1. The zero-order valence-corrected chi connectivity index (χ0v) is 16.4. The molecule has 4 N–H and O–H groups in total. The van der Waals surface area contributed by atoms with E-state index in [0.29, 0.717) is 16.9 Å². The number of nitrogens with two attached hydrogens (primary N) is 1. The molecule has 3 aromatic rings. The number of carbonyl (C=O) groups is 2. The molecule has 0 atom stereocenters. The Kier molecular flexibility index (Phi) is 5.27. The van der Waals surface area contributed by atoms with Gasteiger partial charge in [0, 0.05) is 16.9 Å². The van der Waals surface area contributed by atoms with Gasteiger partial charge in [0.15, 0.2) is 0 Å². The summed E-state index contributed by atoms with van der Waals surface area (Å²) in [5, 5.41) is 9.74. The van der Waals surface area contributed by atoms with Crippen LogP contribution in [0.5, 0.6) is 0 Å². The molecule has 7 nitrogen and oxygen atoms in total. The molecule has 0 aliphatic heterocycles. The van der Waals surface area contributed by atoms with Gasteiger partial charge in [-0.3, -0.25) is 4.79 Å². The molecule has 0 fully saturated rings. The first-order valence-corrected chi connectivity index (χ1v) is 8.94. The molecule has 0 saturated carbocycles. The maximum Gasteiger partial charge on any atom is 0.316 e. The third kappa shape index (κ3) is 4.17. The fourth-order valence-electron chi connectivity index (χ4n) is 2.65. The van der Waals surface area contributed by atoms with Crippen LogP contribution in [0.3, 0.4) is 0 Å². The summed E-state index contributed by atoms with van der Waals surface area (Å²) in [6, 6.07) is 13.2. The topological polar surface area (TPSA) is 102 Å². The number of benzene rings is 2. The van der Waals surface area contributed by atoms with Crippen molar-refractivity contribution in [3.63, 3.8) is 0 Å². The molecule has 138 valence electrons. The predicted octanol–water partition coefficient (Wildman–Crippen LogP) is 3.99. The van der Waals surface area contributed by atoms with Gasteiger partial charge in [-0.2, -0.15) is 5.10 Å². The molecule has 2 aromatic carbocycles. The van der Waals surface area contributed by atoms with Crippen LogP contribution in [0, 0.1) is 13.8 Å². The average molecular weight is 428 g/mol. The Morgan fingerprint density at radius 1 is 1.04 bits per heavy atom. The summed E-state index contributed by atoms with van der Waals surface area (Å²) in [6.07, 6.45) is 0. The van der Waals surface area contributed by atoms with Crippen LogP contribution in [0.15, 0.2) is 53.0 Å². The van der Waals surface area contributed by atoms with Crippen LogP contribution in [0.25, 0.3) is 5.69 Å². The number of primary amides is 1. The van der Waals surface area contributed by atoms with Crippen molar-refractivity contribution in [3.05, 3.63) is 70.0 Å². The highest BCUT2D eigenvalue weighted by molar-refractivity contribution is 9.10. The number of urea groups is 1. The van der Waals surface area contributed by atoms with Gasteiger partial charge in [-0.05, 0) is 72.2 Å². The molecule has 0 aliphatic carbocycles. The van der Waals surface area contributed by atoms with E-state index in [9.17, 15) is 9.59 Å². The first-order valence-electron chi connectivity index (χ1n) is 8.15. The smallest absolute Gasteiger partial charge is 0.316 e. The van der Waals surface area contributed by atoms with E-state index in [-0.39, 0.29) is 5.91 Å². The lowest BCUT2D eigenvalue weighted by molar-refractivity contribution is 0.102. The van der Waals surface area contributed by atoms with Crippen LogP contribution in [0.2, 0.25) is 0 Å². The van der Waals surface area contributed by atoms with E-state index >= 15 is 0 Å². The van der Waals surface area contributed by atoms with E-state index in [1.54, 1.807) is 36.4 Å².